The highest BCUT2D eigenvalue weighted by Gasteiger charge is 2.23. The number of nitrogens with two attached hydrogens (primary N) is 1. The highest BCUT2D eigenvalue weighted by atomic mass is 16.1. The molecule has 0 aromatic heterocycles. The summed E-state index contributed by atoms with van der Waals surface area (Å²) in [5, 5.41) is 0. The van der Waals surface area contributed by atoms with E-state index in [2.05, 4.69) is 52.0 Å². The Kier molecular flexibility index (Phi) is 6.36. The minimum Gasteiger partial charge on any atom is -0.366 e. The molecule has 0 radical (unpaired) electrons. The molecule has 0 atom stereocenters. The smallest absolute Gasteiger partial charge is 0.241 e. The van der Waals surface area contributed by atoms with Crippen LogP contribution in [0.15, 0.2) is 70.9 Å². The third-order valence-electron chi connectivity index (χ3n) is 3.75. The van der Waals surface area contributed by atoms with E-state index in [-0.39, 0.29) is 5.41 Å². The molecule has 118 valence electrons. The average molecular weight is 297 g/mol. The van der Waals surface area contributed by atoms with Gasteiger partial charge in [0.1, 0.15) is 0 Å². The van der Waals surface area contributed by atoms with Crippen molar-refractivity contribution < 1.29 is 4.79 Å². The Bertz CT molecular complexity index is 608. The fraction of sp³-hybridized carbons (Fsp3) is 0.350. The van der Waals surface area contributed by atoms with E-state index in [0.717, 1.165) is 17.6 Å². The summed E-state index contributed by atoms with van der Waals surface area (Å²) in [6.45, 7) is 10.6. The molecule has 1 aliphatic rings. The highest BCUT2D eigenvalue weighted by Crippen LogP contribution is 2.37. The van der Waals surface area contributed by atoms with E-state index in [4.69, 9.17) is 5.73 Å². The van der Waals surface area contributed by atoms with Crippen LogP contribution in [0.1, 0.15) is 41.0 Å². The maximum atomic E-state index is 10.8. The van der Waals surface area contributed by atoms with Gasteiger partial charge in [0.15, 0.2) is 0 Å². The van der Waals surface area contributed by atoms with E-state index in [0.29, 0.717) is 0 Å². The van der Waals surface area contributed by atoms with Crippen LogP contribution in [-0.2, 0) is 4.79 Å². The van der Waals surface area contributed by atoms with Crippen molar-refractivity contribution in [2.45, 2.75) is 41.0 Å². The predicted octanol–water partition coefficient (Wildman–Crippen LogP) is 4.78. The fourth-order valence-corrected chi connectivity index (χ4v) is 2.52. The zero-order valence-electron chi connectivity index (χ0n) is 14.3. The summed E-state index contributed by atoms with van der Waals surface area (Å²) in [6.07, 6.45) is 17.1. The zero-order valence-corrected chi connectivity index (χ0v) is 14.3. The number of allylic oxidation sites excluding steroid dienone is 11. The summed E-state index contributed by atoms with van der Waals surface area (Å²) in [4.78, 5) is 10.8. The molecule has 1 amide bonds. The van der Waals surface area contributed by atoms with E-state index in [1.54, 1.807) is 0 Å². The van der Waals surface area contributed by atoms with Crippen molar-refractivity contribution in [3.05, 3.63) is 70.9 Å². The third kappa shape index (κ3) is 5.72. The van der Waals surface area contributed by atoms with Crippen LogP contribution in [0.25, 0.3) is 0 Å². The van der Waals surface area contributed by atoms with Crippen LogP contribution in [0.2, 0.25) is 0 Å². The van der Waals surface area contributed by atoms with Gasteiger partial charge in [-0.25, -0.2) is 0 Å². The van der Waals surface area contributed by atoms with E-state index in [1.807, 2.05) is 25.2 Å². The molecular weight excluding hydrogens is 270 g/mol. The lowest BCUT2D eigenvalue weighted by Gasteiger charge is -2.29. The fourth-order valence-electron chi connectivity index (χ4n) is 2.52. The first kappa shape index (κ1) is 18.0. The maximum Gasteiger partial charge on any atom is 0.241 e. The molecule has 2 N–H and O–H groups in total. The Hall–Kier alpha value is -2.09. The number of amides is 1. The van der Waals surface area contributed by atoms with Crippen molar-refractivity contribution >= 4 is 5.91 Å². The minimum atomic E-state index is -0.419. The van der Waals surface area contributed by atoms with Crippen molar-refractivity contribution in [3.8, 4) is 0 Å². The van der Waals surface area contributed by atoms with Gasteiger partial charge in [0.05, 0.1) is 0 Å². The molecule has 0 heterocycles. The number of hydrogen-bond donors (Lipinski definition) is 1. The molecule has 0 aromatic carbocycles. The molecule has 0 spiro atoms. The van der Waals surface area contributed by atoms with Gasteiger partial charge in [-0.2, -0.15) is 0 Å². The van der Waals surface area contributed by atoms with Crippen LogP contribution in [-0.4, -0.2) is 5.91 Å². The van der Waals surface area contributed by atoms with Crippen molar-refractivity contribution in [3.63, 3.8) is 0 Å². The number of primary amides is 1. The lowest BCUT2D eigenvalue weighted by atomic mass is 9.75. The number of hydrogen-bond acceptors (Lipinski definition) is 1. The monoisotopic (exact) mass is 297 g/mol. The average Bonchev–Trinajstić information content (AvgIpc) is 2.36. The molecule has 2 heteroatoms. The molecule has 1 rings (SSSR count). The lowest BCUT2D eigenvalue weighted by Crippen LogP contribution is -2.16. The van der Waals surface area contributed by atoms with E-state index >= 15 is 0 Å². The maximum absolute atomic E-state index is 10.8. The topological polar surface area (TPSA) is 43.1 Å². The van der Waals surface area contributed by atoms with Crippen LogP contribution in [0.3, 0.4) is 0 Å². The first-order valence-corrected chi connectivity index (χ1v) is 7.61. The Morgan fingerprint density at radius 3 is 2.50 bits per heavy atom. The van der Waals surface area contributed by atoms with Gasteiger partial charge in [-0.05, 0) is 49.3 Å². The number of carbonyl (C=O) groups excluding carboxylic acids is 1. The van der Waals surface area contributed by atoms with Crippen molar-refractivity contribution in [1.82, 2.24) is 0 Å². The van der Waals surface area contributed by atoms with Gasteiger partial charge >= 0.3 is 0 Å². The second-order valence-corrected chi connectivity index (χ2v) is 6.48. The molecule has 0 unspecified atom stereocenters. The Balaban J connectivity index is 2.82. The summed E-state index contributed by atoms with van der Waals surface area (Å²) >= 11 is 0. The van der Waals surface area contributed by atoms with Crippen LogP contribution in [0.5, 0.6) is 0 Å². The van der Waals surface area contributed by atoms with Gasteiger partial charge < -0.3 is 5.73 Å². The quantitative estimate of drug-likeness (QED) is 0.576. The highest BCUT2D eigenvalue weighted by molar-refractivity contribution is 5.86. The molecule has 0 saturated carbocycles. The van der Waals surface area contributed by atoms with Crippen molar-refractivity contribution in [2.75, 3.05) is 0 Å². The molecule has 22 heavy (non-hydrogen) atoms. The summed E-state index contributed by atoms with van der Waals surface area (Å²) in [5.74, 6) is -0.419. The van der Waals surface area contributed by atoms with Crippen LogP contribution >= 0.6 is 0 Å². The largest absolute Gasteiger partial charge is 0.366 e. The SMILES string of the molecule is CC1=C(/C=C/C(C)=C/C=C/C(C)=C/C(N)=O)C(C)(C)CC=C1. The molecular formula is C20H27NO. The molecule has 0 bridgehead atoms. The first-order chi connectivity index (χ1) is 10.2. The van der Waals surface area contributed by atoms with Gasteiger partial charge in [0, 0.05) is 6.08 Å². The molecule has 0 aromatic rings. The second kappa shape index (κ2) is 7.79. The zero-order chi connectivity index (χ0) is 16.8. The lowest BCUT2D eigenvalue weighted by molar-refractivity contribution is -0.113. The van der Waals surface area contributed by atoms with E-state index in [9.17, 15) is 4.79 Å². The Labute approximate surface area is 134 Å². The van der Waals surface area contributed by atoms with Gasteiger partial charge in [0.2, 0.25) is 5.91 Å². The Morgan fingerprint density at radius 1 is 1.23 bits per heavy atom. The van der Waals surface area contributed by atoms with Crippen LogP contribution in [0, 0.1) is 5.41 Å². The summed E-state index contributed by atoms with van der Waals surface area (Å²) in [5.41, 5.74) is 10.0. The van der Waals surface area contributed by atoms with E-state index in [1.165, 1.54) is 17.2 Å². The third-order valence-corrected chi connectivity index (χ3v) is 3.75. The van der Waals surface area contributed by atoms with Gasteiger partial charge in [-0.3, -0.25) is 4.79 Å². The normalized spacial score (nSPS) is 19.5. The number of rotatable bonds is 5. The Morgan fingerprint density at radius 2 is 1.91 bits per heavy atom. The van der Waals surface area contributed by atoms with Crippen molar-refractivity contribution in [1.29, 1.82) is 0 Å². The molecule has 0 saturated heterocycles. The van der Waals surface area contributed by atoms with Crippen molar-refractivity contribution in [2.24, 2.45) is 11.1 Å². The standard InChI is InChI=1S/C20H27NO/c1-15(8-6-9-16(2)14-19(21)22)11-12-18-17(3)10-7-13-20(18,4)5/h6-12,14H,13H2,1-5H3,(H2,21,22)/b9-6+,12-11+,15-8+,16-14+. The molecule has 0 aliphatic heterocycles. The van der Waals surface area contributed by atoms with E-state index < -0.39 is 5.91 Å². The van der Waals surface area contributed by atoms with Crippen LogP contribution < -0.4 is 5.73 Å². The van der Waals surface area contributed by atoms with Gasteiger partial charge in [-0.15, -0.1) is 0 Å². The summed E-state index contributed by atoms with van der Waals surface area (Å²) < 4.78 is 0. The summed E-state index contributed by atoms with van der Waals surface area (Å²) in [7, 11) is 0. The van der Waals surface area contributed by atoms with Gasteiger partial charge in [-0.1, -0.05) is 62.0 Å². The predicted molar refractivity (Wildman–Crippen MR) is 95.2 cm³/mol. The number of carbonyl (C=O) groups is 1. The molecule has 2 nitrogen and oxygen atoms in total. The second-order valence-electron chi connectivity index (χ2n) is 6.48. The first-order valence-electron chi connectivity index (χ1n) is 7.61. The van der Waals surface area contributed by atoms with Gasteiger partial charge in [0.25, 0.3) is 0 Å². The minimum absolute atomic E-state index is 0.187. The van der Waals surface area contributed by atoms with Crippen LogP contribution in [0.4, 0.5) is 0 Å². The summed E-state index contributed by atoms with van der Waals surface area (Å²) in [6, 6.07) is 0. The molecule has 0 fully saturated rings. The molecule has 1 aliphatic carbocycles.